The van der Waals surface area contributed by atoms with E-state index < -0.39 is 32.8 Å². The zero-order valence-corrected chi connectivity index (χ0v) is 12.8. The Kier molecular flexibility index (Phi) is 4.02. The summed E-state index contributed by atoms with van der Waals surface area (Å²) in [6.07, 6.45) is 1.89. The van der Waals surface area contributed by atoms with E-state index in [1.54, 1.807) is 0 Å². The highest BCUT2D eigenvalue weighted by molar-refractivity contribution is 7.90. The number of fused-ring (bicyclic) bond motifs is 1. The standard InChI is InChI=1S/C10H9Cl2F2N3O3S/c1-21(19,20)5-2-6-8(15-4-5)16-9(17(6)18)10(13,14)7(12)3-11/h2,4,7,18H,3H2,1H3. The fraction of sp³-hybridized carbons (Fsp3) is 0.400. The van der Waals surface area contributed by atoms with Crippen molar-refractivity contribution in [1.29, 1.82) is 0 Å². The topological polar surface area (TPSA) is 85.1 Å². The van der Waals surface area contributed by atoms with Gasteiger partial charge in [0.2, 0.25) is 5.82 Å². The lowest BCUT2D eigenvalue weighted by Crippen LogP contribution is -2.31. The molecule has 0 radical (unpaired) electrons. The number of imidazole rings is 1. The number of hydrogen-bond acceptors (Lipinski definition) is 5. The van der Waals surface area contributed by atoms with Crippen LogP contribution in [-0.2, 0) is 15.8 Å². The second-order valence-electron chi connectivity index (χ2n) is 4.28. The van der Waals surface area contributed by atoms with Gasteiger partial charge in [-0.3, -0.25) is 0 Å². The number of halogens is 4. The maximum atomic E-state index is 14.0. The summed E-state index contributed by atoms with van der Waals surface area (Å²) >= 11 is 10.7. The van der Waals surface area contributed by atoms with Gasteiger partial charge in [-0.25, -0.2) is 18.4 Å². The molecule has 2 heterocycles. The SMILES string of the molecule is CS(=O)(=O)c1cnc2nc(C(F)(F)C(Cl)CCl)n(O)c2c1. The summed E-state index contributed by atoms with van der Waals surface area (Å²) in [6.45, 7) is 0. The lowest BCUT2D eigenvalue weighted by Gasteiger charge is -2.18. The van der Waals surface area contributed by atoms with E-state index in [1.165, 1.54) is 0 Å². The van der Waals surface area contributed by atoms with Crippen molar-refractivity contribution >= 4 is 44.2 Å². The molecule has 1 N–H and O–H groups in total. The van der Waals surface area contributed by atoms with Crippen LogP contribution in [-0.4, -0.2) is 45.8 Å². The van der Waals surface area contributed by atoms with Crippen molar-refractivity contribution in [1.82, 2.24) is 14.7 Å². The van der Waals surface area contributed by atoms with Crippen LogP contribution in [0.3, 0.4) is 0 Å². The molecule has 0 saturated carbocycles. The van der Waals surface area contributed by atoms with Crippen LogP contribution >= 0.6 is 23.2 Å². The van der Waals surface area contributed by atoms with Crippen molar-refractivity contribution in [3.8, 4) is 0 Å². The van der Waals surface area contributed by atoms with Crippen LogP contribution in [0, 0.1) is 0 Å². The molecule has 0 spiro atoms. The zero-order valence-electron chi connectivity index (χ0n) is 10.5. The minimum atomic E-state index is -3.72. The van der Waals surface area contributed by atoms with Gasteiger partial charge in [-0.1, -0.05) is 0 Å². The maximum absolute atomic E-state index is 14.0. The molecule has 1 unspecified atom stereocenters. The quantitative estimate of drug-likeness (QED) is 0.666. The molecular weight excluding hydrogens is 351 g/mol. The molecule has 116 valence electrons. The van der Waals surface area contributed by atoms with Crippen molar-refractivity contribution in [2.75, 3.05) is 12.1 Å². The van der Waals surface area contributed by atoms with Crippen LogP contribution in [0.2, 0.25) is 0 Å². The molecule has 2 aromatic heterocycles. The lowest BCUT2D eigenvalue weighted by atomic mass is 10.2. The molecule has 0 aliphatic rings. The summed E-state index contributed by atoms with van der Waals surface area (Å²) in [5.74, 6) is -5.35. The Balaban J connectivity index is 2.67. The van der Waals surface area contributed by atoms with Crippen LogP contribution in [0.1, 0.15) is 5.82 Å². The largest absolute Gasteiger partial charge is 0.426 e. The zero-order chi connectivity index (χ0) is 16.0. The van der Waals surface area contributed by atoms with Crippen molar-refractivity contribution in [2.45, 2.75) is 16.2 Å². The predicted molar refractivity (Wildman–Crippen MR) is 72.1 cm³/mol. The maximum Gasteiger partial charge on any atom is 0.325 e. The molecular formula is C10H9Cl2F2N3O3S. The Morgan fingerprint density at radius 3 is 2.67 bits per heavy atom. The molecule has 6 nitrogen and oxygen atoms in total. The van der Waals surface area contributed by atoms with E-state index in [9.17, 15) is 22.4 Å². The number of sulfone groups is 1. The van der Waals surface area contributed by atoms with Crippen LogP contribution in [0.5, 0.6) is 0 Å². The molecule has 0 fully saturated rings. The molecule has 0 saturated heterocycles. The van der Waals surface area contributed by atoms with E-state index in [-0.39, 0.29) is 20.8 Å². The monoisotopic (exact) mass is 359 g/mol. The highest BCUT2D eigenvalue weighted by Crippen LogP contribution is 2.36. The third-order valence-corrected chi connectivity index (χ3v) is 4.69. The van der Waals surface area contributed by atoms with E-state index in [4.69, 9.17) is 23.2 Å². The normalized spacial score (nSPS) is 14.5. The molecule has 0 aromatic carbocycles. The van der Waals surface area contributed by atoms with Gasteiger partial charge in [-0.05, 0) is 6.07 Å². The summed E-state index contributed by atoms with van der Waals surface area (Å²) in [6, 6.07) is 0.994. The van der Waals surface area contributed by atoms with Crippen LogP contribution < -0.4 is 0 Å². The van der Waals surface area contributed by atoms with Crippen LogP contribution in [0.4, 0.5) is 8.78 Å². The number of hydrogen-bond donors (Lipinski definition) is 1. The molecule has 2 aromatic rings. The second kappa shape index (κ2) is 5.22. The average Bonchev–Trinajstić information content (AvgIpc) is 2.74. The molecule has 11 heteroatoms. The molecule has 2 rings (SSSR count). The third kappa shape index (κ3) is 2.77. The minimum Gasteiger partial charge on any atom is -0.426 e. The predicted octanol–water partition coefficient (Wildman–Crippen LogP) is 2.01. The smallest absolute Gasteiger partial charge is 0.325 e. The number of rotatable bonds is 4. The summed E-state index contributed by atoms with van der Waals surface area (Å²) in [5, 5.41) is 8.00. The first-order valence-electron chi connectivity index (χ1n) is 5.45. The highest BCUT2D eigenvalue weighted by atomic mass is 35.5. The van der Waals surface area contributed by atoms with E-state index in [1.807, 2.05) is 0 Å². The number of alkyl halides is 4. The van der Waals surface area contributed by atoms with Gasteiger partial charge in [-0.15, -0.1) is 23.2 Å². The molecule has 0 amide bonds. The Morgan fingerprint density at radius 2 is 2.14 bits per heavy atom. The highest BCUT2D eigenvalue weighted by Gasteiger charge is 2.45. The molecule has 21 heavy (non-hydrogen) atoms. The Labute approximate surface area is 128 Å². The Bertz CT molecular complexity index is 794. The minimum absolute atomic E-state index is 0.0684. The van der Waals surface area contributed by atoms with Crippen molar-refractivity contribution in [3.05, 3.63) is 18.1 Å². The number of nitrogens with zero attached hydrogens (tertiary/aromatic N) is 3. The average molecular weight is 360 g/mol. The van der Waals surface area contributed by atoms with Gasteiger partial charge in [-0.2, -0.15) is 13.5 Å². The number of pyridine rings is 1. The van der Waals surface area contributed by atoms with E-state index >= 15 is 0 Å². The van der Waals surface area contributed by atoms with Gasteiger partial charge >= 0.3 is 5.92 Å². The van der Waals surface area contributed by atoms with E-state index in [0.29, 0.717) is 0 Å². The van der Waals surface area contributed by atoms with Crippen LogP contribution in [0.15, 0.2) is 17.2 Å². The lowest BCUT2D eigenvalue weighted by molar-refractivity contribution is -0.0302. The number of aromatic nitrogens is 3. The third-order valence-electron chi connectivity index (χ3n) is 2.72. The molecule has 1 atom stereocenters. The van der Waals surface area contributed by atoms with Crippen molar-refractivity contribution in [2.24, 2.45) is 0 Å². The van der Waals surface area contributed by atoms with Crippen molar-refractivity contribution in [3.63, 3.8) is 0 Å². The van der Waals surface area contributed by atoms with Gasteiger partial charge in [0.05, 0.1) is 4.90 Å². The van der Waals surface area contributed by atoms with Crippen LogP contribution in [0.25, 0.3) is 11.2 Å². The first-order chi connectivity index (χ1) is 9.59. The molecule has 0 aliphatic carbocycles. The second-order valence-corrected chi connectivity index (χ2v) is 7.13. The fourth-order valence-electron chi connectivity index (χ4n) is 1.59. The summed E-state index contributed by atoms with van der Waals surface area (Å²) in [5.41, 5.74) is -0.510. The fourth-order valence-corrected chi connectivity index (χ4v) is 2.45. The van der Waals surface area contributed by atoms with Gasteiger partial charge in [0.15, 0.2) is 15.5 Å². The van der Waals surface area contributed by atoms with E-state index in [2.05, 4.69) is 9.97 Å². The van der Waals surface area contributed by atoms with Gasteiger partial charge < -0.3 is 5.21 Å². The van der Waals surface area contributed by atoms with Gasteiger partial charge in [0.1, 0.15) is 10.9 Å². The molecule has 0 aliphatic heterocycles. The van der Waals surface area contributed by atoms with E-state index in [0.717, 1.165) is 18.5 Å². The first-order valence-corrected chi connectivity index (χ1v) is 8.31. The first kappa shape index (κ1) is 16.2. The van der Waals surface area contributed by atoms with Crippen molar-refractivity contribution < 1.29 is 22.4 Å². The summed E-state index contributed by atoms with van der Waals surface area (Å²) < 4.78 is 50.8. The Morgan fingerprint density at radius 1 is 1.52 bits per heavy atom. The van der Waals surface area contributed by atoms with Gasteiger partial charge in [0, 0.05) is 18.3 Å². The summed E-state index contributed by atoms with van der Waals surface area (Å²) in [4.78, 5) is 6.90. The summed E-state index contributed by atoms with van der Waals surface area (Å²) in [7, 11) is -3.61. The Hall–Kier alpha value is -1.19. The van der Waals surface area contributed by atoms with Gasteiger partial charge in [0.25, 0.3) is 0 Å². The molecule has 0 bridgehead atoms.